The van der Waals surface area contributed by atoms with Crippen molar-refractivity contribution in [3.63, 3.8) is 0 Å². The first-order valence-electron chi connectivity index (χ1n) is 9.83. The van der Waals surface area contributed by atoms with Gasteiger partial charge in [0.1, 0.15) is 0 Å². The van der Waals surface area contributed by atoms with Gasteiger partial charge in [-0.3, -0.25) is 0 Å². The summed E-state index contributed by atoms with van der Waals surface area (Å²) in [4.78, 5) is 14.0. The van der Waals surface area contributed by atoms with Crippen molar-refractivity contribution in [3.05, 3.63) is 35.9 Å². The summed E-state index contributed by atoms with van der Waals surface area (Å²) in [7, 11) is 1.81. The molecule has 0 radical (unpaired) electrons. The molecule has 140 valence electrons. The van der Waals surface area contributed by atoms with Crippen LogP contribution >= 0.6 is 0 Å². The van der Waals surface area contributed by atoms with Gasteiger partial charge in [-0.1, -0.05) is 75.8 Å². The molecule has 3 heteroatoms. The Morgan fingerprint density at radius 3 is 2.32 bits per heavy atom. The second kappa shape index (κ2) is 12.9. The molecule has 25 heavy (non-hydrogen) atoms. The van der Waals surface area contributed by atoms with Crippen molar-refractivity contribution < 1.29 is 9.53 Å². The van der Waals surface area contributed by atoms with Gasteiger partial charge in [-0.15, -0.1) is 0 Å². The highest BCUT2D eigenvalue weighted by atomic mass is 16.5. The van der Waals surface area contributed by atoms with E-state index in [-0.39, 0.29) is 5.60 Å². The molecular formula is C22H35NO2. The van der Waals surface area contributed by atoms with E-state index in [1.807, 2.05) is 13.2 Å². The van der Waals surface area contributed by atoms with E-state index in [4.69, 9.17) is 4.74 Å². The molecule has 1 aromatic rings. The van der Waals surface area contributed by atoms with Crippen molar-refractivity contribution in [2.24, 2.45) is 10.9 Å². The van der Waals surface area contributed by atoms with Crippen LogP contribution in [-0.2, 0) is 15.1 Å². The number of carbonyl (C=O) groups excluding carboxylic acids is 1. The standard InChI is InChI=1S/C22H35NO2/c1-4-5-6-7-8-10-14-21(17-13-18-23-19-24)22(2,25-3)20-15-11-9-12-16-20/h9,11-12,15-16,21H,4-8,10,13-14,17-18H2,1-3H3. The van der Waals surface area contributed by atoms with Gasteiger partial charge in [0.2, 0.25) is 6.08 Å². The summed E-state index contributed by atoms with van der Waals surface area (Å²) in [5.41, 5.74) is 0.933. The Balaban J connectivity index is 2.71. The monoisotopic (exact) mass is 345 g/mol. The van der Waals surface area contributed by atoms with E-state index in [0.717, 1.165) is 19.3 Å². The highest BCUT2D eigenvalue weighted by Crippen LogP contribution is 2.38. The highest BCUT2D eigenvalue weighted by molar-refractivity contribution is 5.32. The van der Waals surface area contributed by atoms with Crippen LogP contribution in [0.25, 0.3) is 0 Å². The number of isocyanates is 1. The van der Waals surface area contributed by atoms with Crippen LogP contribution in [0.15, 0.2) is 35.3 Å². The lowest BCUT2D eigenvalue weighted by molar-refractivity contribution is -0.0560. The molecule has 0 saturated heterocycles. The molecule has 0 saturated carbocycles. The molecule has 0 aromatic heterocycles. The summed E-state index contributed by atoms with van der Waals surface area (Å²) < 4.78 is 6.03. The zero-order valence-corrected chi connectivity index (χ0v) is 16.3. The van der Waals surface area contributed by atoms with Crippen LogP contribution in [-0.4, -0.2) is 19.7 Å². The second-order valence-electron chi connectivity index (χ2n) is 7.05. The van der Waals surface area contributed by atoms with Gasteiger partial charge in [-0.25, -0.2) is 9.79 Å². The van der Waals surface area contributed by atoms with Gasteiger partial charge in [-0.05, 0) is 37.7 Å². The minimum absolute atomic E-state index is 0.296. The molecule has 0 heterocycles. The number of hydrogen-bond donors (Lipinski definition) is 0. The summed E-state index contributed by atoms with van der Waals surface area (Å²) in [6.45, 7) is 5.01. The third-order valence-electron chi connectivity index (χ3n) is 5.34. The first-order valence-corrected chi connectivity index (χ1v) is 9.83. The second-order valence-corrected chi connectivity index (χ2v) is 7.05. The molecule has 2 unspecified atom stereocenters. The maximum Gasteiger partial charge on any atom is 0.234 e. The van der Waals surface area contributed by atoms with Gasteiger partial charge in [0.15, 0.2) is 0 Å². The maximum absolute atomic E-state index is 10.3. The topological polar surface area (TPSA) is 38.7 Å². The Morgan fingerprint density at radius 1 is 1.04 bits per heavy atom. The predicted octanol–water partition coefficient (Wildman–Crippen LogP) is 6.03. The summed E-state index contributed by atoms with van der Waals surface area (Å²) in [5, 5.41) is 0. The lowest BCUT2D eigenvalue weighted by Crippen LogP contribution is -2.34. The van der Waals surface area contributed by atoms with Crippen LogP contribution in [0.1, 0.15) is 77.2 Å². The van der Waals surface area contributed by atoms with Crippen molar-refractivity contribution in [2.75, 3.05) is 13.7 Å². The van der Waals surface area contributed by atoms with Crippen LogP contribution < -0.4 is 0 Å². The maximum atomic E-state index is 10.3. The zero-order valence-electron chi connectivity index (χ0n) is 16.3. The summed E-state index contributed by atoms with van der Waals surface area (Å²) >= 11 is 0. The highest BCUT2D eigenvalue weighted by Gasteiger charge is 2.35. The third kappa shape index (κ3) is 7.54. The summed E-state index contributed by atoms with van der Waals surface area (Å²) in [6, 6.07) is 10.5. The van der Waals surface area contributed by atoms with Crippen molar-refractivity contribution in [3.8, 4) is 0 Å². The lowest BCUT2D eigenvalue weighted by Gasteiger charge is -2.37. The fourth-order valence-corrected chi connectivity index (χ4v) is 3.62. The van der Waals surface area contributed by atoms with Crippen LogP contribution in [0.4, 0.5) is 0 Å². The Morgan fingerprint density at radius 2 is 1.68 bits per heavy atom. The molecule has 0 N–H and O–H groups in total. The minimum atomic E-state index is -0.296. The number of rotatable bonds is 14. The van der Waals surface area contributed by atoms with Crippen LogP contribution in [0.5, 0.6) is 0 Å². The largest absolute Gasteiger partial charge is 0.374 e. The number of methoxy groups -OCH3 is 1. The molecule has 2 atom stereocenters. The van der Waals surface area contributed by atoms with Gasteiger partial charge in [-0.2, -0.15) is 0 Å². The lowest BCUT2D eigenvalue weighted by atomic mass is 9.77. The molecule has 0 bridgehead atoms. The Kier molecular flexibility index (Phi) is 11.1. The molecule has 0 amide bonds. The number of benzene rings is 1. The smallest absolute Gasteiger partial charge is 0.234 e. The first-order chi connectivity index (χ1) is 12.2. The van der Waals surface area contributed by atoms with Crippen LogP contribution in [0.2, 0.25) is 0 Å². The fraction of sp³-hybridized carbons (Fsp3) is 0.682. The van der Waals surface area contributed by atoms with Crippen LogP contribution in [0.3, 0.4) is 0 Å². The average Bonchev–Trinajstić information content (AvgIpc) is 2.66. The van der Waals surface area contributed by atoms with Gasteiger partial charge >= 0.3 is 0 Å². The van der Waals surface area contributed by atoms with Crippen molar-refractivity contribution in [1.29, 1.82) is 0 Å². The minimum Gasteiger partial charge on any atom is -0.374 e. The number of unbranched alkanes of at least 4 members (excludes halogenated alkanes) is 5. The van der Waals surface area contributed by atoms with Crippen molar-refractivity contribution in [1.82, 2.24) is 0 Å². The van der Waals surface area contributed by atoms with E-state index < -0.39 is 0 Å². The Hall–Kier alpha value is -1.44. The van der Waals surface area contributed by atoms with Crippen molar-refractivity contribution in [2.45, 2.75) is 77.2 Å². The van der Waals surface area contributed by atoms with E-state index in [1.54, 1.807) is 6.08 Å². The Labute approximate surface area is 153 Å². The number of aliphatic imine (C=N–C) groups is 1. The molecule has 1 rings (SSSR count). The molecular weight excluding hydrogens is 310 g/mol. The van der Waals surface area contributed by atoms with Crippen molar-refractivity contribution >= 4 is 6.08 Å². The van der Waals surface area contributed by atoms with Gasteiger partial charge in [0, 0.05) is 7.11 Å². The number of nitrogens with zero attached hydrogens (tertiary/aromatic N) is 1. The first kappa shape index (κ1) is 21.6. The normalized spacial score (nSPS) is 14.5. The van der Waals surface area contributed by atoms with E-state index in [2.05, 4.69) is 43.1 Å². The number of hydrogen-bond acceptors (Lipinski definition) is 3. The molecule has 0 aliphatic rings. The molecule has 0 aliphatic carbocycles. The molecule has 3 nitrogen and oxygen atoms in total. The van der Waals surface area contributed by atoms with E-state index >= 15 is 0 Å². The molecule has 0 aliphatic heterocycles. The fourth-order valence-electron chi connectivity index (χ4n) is 3.62. The van der Waals surface area contributed by atoms with Gasteiger partial charge < -0.3 is 4.74 Å². The summed E-state index contributed by atoms with van der Waals surface area (Å²) in [6.07, 6.45) is 12.5. The number of ether oxygens (including phenoxy) is 1. The van der Waals surface area contributed by atoms with E-state index in [0.29, 0.717) is 12.5 Å². The van der Waals surface area contributed by atoms with Gasteiger partial charge in [0.25, 0.3) is 0 Å². The van der Waals surface area contributed by atoms with E-state index in [1.165, 1.54) is 44.1 Å². The zero-order chi connectivity index (χ0) is 18.4. The summed E-state index contributed by atoms with van der Waals surface area (Å²) in [5.74, 6) is 0.424. The third-order valence-corrected chi connectivity index (χ3v) is 5.34. The van der Waals surface area contributed by atoms with Crippen LogP contribution in [0, 0.1) is 5.92 Å². The molecule has 0 spiro atoms. The van der Waals surface area contributed by atoms with Gasteiger partial charge in [0.05, 0.1) is 12.1 Å². The quantitative estimate of drug-likeness (QED) is 0.234. The SMILES string of the molecule is CCCCCCCCC(CCCN=C=O)C(C)(OC)c1ccccc1. The predicted molar refractivity (Wildman–Crippen MR) is 105 cm³/mol. The van der Waals surface area contributed by atoms with E-state index in [9.17, 15) is 4.79 Å². The average molecular weight is 346 g/mol. The molecule has 1 aromatic carbocycles. The molecule has 0 fully saturated rings. The Bertz CT molecular complexity index is 496.